The standard InChI is InChI=1S/C17H17F2NO3/c18-17(19)23-15-6-5-11-3-1-2-4-13(11)14(15)10-20-8-7-12(9-20)16(21)22/h1-6,12,17H,7-10H2,(H,21,22). The van der Waals surface area contributed by atoms with Crippen molar-refractivity contribution in [3.05, 3.63) is 42.0 Å². The molecule has 0 aliphatic carbocycles. The maximum absolute atomic E-state index is 12.7. The summed E-state index contributed by atoms with van der Waals surface area (Å²) >= 11 is 0. The van der Waals surface area contributed by atoms with Gasteiger partial charge in [-0.2, -0.15) is 8.78 Å². The van der Waals surface area contributed by atoms with Crippen LogP contribution >= 0.6 is 0 Å². The lowest BCUT2D eigenvalue weighted by Gasteiger charge is -2.20. The number of rotatable bonds is 5. The van der Waals surface area contributed by atoms with E-state index < -0.39 is 18.5 Å². The van der Waals surface area contributed by atoms with Crippen molar-refractivity contribution in [3.63, 3.8) is 0 Å². The lowest BCUT2D eigenvalue weighted by Crippen LogP contribution is -2.23. The van der Waals surface area contributed by atoms with Crippen LogP contribution in [0, 0.1) is 5.92 Å². The van der Waals surface area contributed by atoms with Crippen molar-refractivity contribution in [2.24, 2.45) is 5.92 Å². The van der Waals surface area contributed by atoms with Crippen molar-refractivity contribution in [2.75, 3.05) is 13.1 Å². The Balaban J connectivity index is 1.92. The van der Waals surface area contributed by atoms with Crippen LogP contribution in [0.2, 0.25) is 0 Å². The van der Waals surface area contributed by atoms with Gasteiger partial charge in [0.15, 0.2) is 0 Å². The molecule has 1 atom stereocenters. The van der Waals surface area contributed by atoms with Crippen molar-refractivity contribution in [1.29, 1.82) is 0 Å². The highest BCUT2D eigenvalue weighted by molar-refractivity contribution is 5.87. The Labute approximate surface area is 132 Å². The monoisotopic (exact) mass is 321 g/mol. The van der Waals surface area contributed by atoms with Crippen LogP contribution in [0.15, 0.2) is 36.4 Å². The molecule has 3 rings (SSSR count). The highest BCUT2D eigenvalue weighted by Crippen LogP contribution is 2.32. The number of benzene rings is 2. The van der Waals surface area contributed by atoms with E-state index in [-0.39, 0.29) is 5.75 Å². The third-order valence-corrected chi connectivity index (χ3v) is 4.22. The molecule has 1 aliphatic rings. The molecule has 0 aromatic heterocycles. The van der Waals surface area contributed by atoms with E-state index in [2.05, 4.69) is 4.74 Å². The second-order valence-corrected chi connectivity index (χ2v) is 5.70. The number of alkyl halides is 2. The number of nitrogens with zero attached hydrogens (tertiary/aromatic N) is 1. The maximum atomic E-state index is 12.7. The number of likely N-dealkylation sites (tertiary alicyclic amines) is 1. The van der Waals surface area contributed by atoms with Gasteiger partial charge >= 0.3 is 12.6 Å². The average molecular weight is 321 g/mol. The molecule has 0 spiro atoms. The maximum Gasteiger partial charge on any atom is 0.387 e. The summed E-state index contributed by atoms with van der Waals surface area (Å²) < 4.78 is 30.0. The summed E-state index contributed by atoms with van der Waals surface area (Å²) in [5.74, 6) is -1.06. The minimum atomic E-state index is -2.89. The van der Waals surface area contributed by atoms with Crippen LogP contribution < -0.4 is 4.74 Å². The number of carbonyl (C=O) groups is 1. The molecule has 2 aromatic carbocycles. The Morgan fingerprint density at radius 1 is 1.30 bits per heavy atom. The average Bonchev–Trinajstić information content (AvgIpc) is 2.98. The van der Waals surface area contributed by atoms with Gasteiger partial charge in [0.1, 0.15) is 5.75 Å². The van der Waals surface area contributed by atoms with Crippen LogP contribution in [0.5, 0.6) is 5.75 Å². The van der Waals surface area contributed by atoms with Gasteiger partial charge in [-0.3, -0.25) is 9.69 Å². The van der Waals surface area contributed by atoms with Gasteiger partial charge in [-0.1, -0.05) is 30.3 Å². The van der Waals surface area contributed by atoms with Crippen LogP contribution in [0.3, 0.4) is 0 Å². The number of aliphatic carboxylic acids is 1. The second-order valence-electron chi connectivity index (χ2n) is 5.70. The molecule has 4 nitrogen and oxygen atoms in total. The lowest BCUT2D eigenvalue weighted by molar-refractivity contribution is -0.141. The van der Waals surface area contributed by atoms with Gasteiger partial charge in [0.2, 0.25) is 0 Å². The van der Waals surface area contributed by atoms with Gasteiger partial charge in [0.05, 0.1) is 5.92 Å². The fraction of sp³-hybridized carbons (Fsp3) is 0.353. The normalized spacial score (nSPS) is 18.7. The molecule has 0 radical (unpaired) electrons. The van der Waals surface area contributed by atoms with Gasteiger partial charge in [-0.05, 0) is 29.8 Å². The number of halogens is 2. The third kappa shape index (κ3) is 3.42. The first-order valence-electron chi connectivity index (χ1n) is 7.45. The Bertz CT molecular complexity index is 720. The zero-order chi connectivity index (χ0) is 16.4. The predicted octanol–water partition coefficient (Wildman–Crippen LogP) is 3.35. The Hall–Kier alpha value is -2.21. The molecule has 0 amide bonds. The van der Waals surface area contributed by atoms with E-state index in [1.807, 2.05) is 29.2 Å². The largest absolute Gasteiger partial charge is 0.481 e. The van der Waals surface area contributed by atoms with Gasteiger partial charge in [-0.15, -0.1) is 0 Å². The number of fused-ring (bicyclic) bond motifs is 1. The van der Waals surface area contributed by atoms with Crippen molar-refractivity contribution in [3.8, 4) is 5.75 Å². The molecule has 0 saturated carbocycles. The molecule has 1 unspecified atom stereocenters. The molecule has 2 aromatic rings. The highest BCUT2D eigenvalue weighted by Gasteiger charge is 2.29. The Kier molecular flexibility index (Phi) is 4.43. The van der Waals surface area contributed by atoms with Crippen LogP contribution in [0.1, 0.15) is 12.0 Å². The van der Waals surface area contributed by atoms with E-state index in [1.165, 1.54) is 0 Å². The van der Waals surface area contributed by atoms with Gasteiger partial charge in [-0.25, -0.2) is 0 Å². The summed E-state index contributed by atoms with van der Waals surface area (Å²) in [7, 11) is 0. The quantitative estimate of drug-likeness (QED) is 0.917. The number of hydrogen-bond acceptors (Lipinski definition) is 3. The van der Waals surface area contributed by atoms with E-state index in [0.717, 1.165) is 10.8 Å². The fourth-order valence-electron chi connectivity index (χ4n) is 3.09. The number of hydrogen-bond donors (Lipinski definition) is 1. The van der Waals surface area contributed by atoms with Crippen molar-refractivity contribution >= 4 is 16.7 Å². The summed E-state index contributed by atoms with van der Waals surface area (Å²) in [4.78, 5) is 13.0. The summed E-state index contributed by atoms with van der Waals surface area (Å²) in [6.07, 6.45) is 0.575. The van der Waals surface area contributed by atoms with Crippen LogP contribution in [0.4, 0.5) is 8.78 Å². The summed E-state index contributed by atoms with van der Waals surface area (Å²) in [6.45, 7) is -1.44. The molecular formula is C17H17F2NO3. The smallest absolute Gasteiger partial charge is 0.387 e. The van der Waals surface area contributed by atoms with E-state index >= 15 is 0 Å². The van der Waals surface area contributed by atoms with E-state index in [0.29, 0.717) is 31.6 Å². The topological polar surface area (TPSA) is 49.8 Å². The summed E-state index contributed by atoms with van der Waals surface area (Å²) in [5, 5.41) is 10.9. The van der Waals surface area contributed by atoms with Crippen molar-refractivity contribution in [1.82, 2.24) is 4.90 Å². The van der Waals surface area contributed by atoms with E-state index in [4.69, 9.17) is 5.11 Å². The van der Waals surface area contributed by atoms with Gasteiger partial charge in [0, 0.05) is 18.7 Å². The van der Waals surface area contributed by atoms with E-state index in [1.54, 1.807) is 12.1 Å². The molecule has 23 heavy (non-hydrogen) atoms. The molecule has 1 saturated heterocycles. The zero-order valence-corrected chi connectivity index (χ0v) is 12.4. The number of ether oxygens (including phenoxy) is 1. The minimum Gasteiger partial charge on any atom is -0.481 e. The second kappa shape index (κ2) is 6.50. The minimum absolute atomic E-state index is 0.150. The fourth-order valence-corrected chi connectivity index (χ4v) is 3.09. The highest BCUT2D eigenvalue weighted by atomic mass is 19.3. The summed E-state index contributed by atoms with van der Waals surface area (Å²) in [6, 6.07) is 10.8. The van der Waals surface area contributed by atoms with Gasteiger partial charge < -0.3 is 9.84 Å². The lowest BCUT2D eigenvalue weighted by atomic mass is 10.0. The number of carboxylic acid groups (broad SMARTS) is 1. The Morgan fingerprint density at radius 3 is 2.78 bits per heavy atom. The van der Waals surface area contributed by atoms with Crippen LogP contribution in [0.25, 0.3) is 10.8 Å². The molecule has 122 valence electrons. The molecule has 1 heterocycles. The first kappa shape index (κ1) is 15.7. The molecule has 6 heteroatoms. The molecule has 1 fully saturated rings. The first-order chi connectivity index (χ1) is 11.0. The van der Waals surface area contributed by atoms with Crippen molar-refractivity contribution in [2.45, 2.75) is 19.6 Å². The predicted molar refractivity (Wildman–Crippen MR) is 81.6 cm³/mol. The zero-order valence-electron chi connectivity index (χ0n) is 12.4. The van der Waals surface area contributed by atoms with Crippen molar-refractivity contribution < 1.29 is 23.4 Å². The molecule has 1 N–H and O–H groups in total. The number of carboxylic acids is 1. The van der Waals surface area contributed by atoms with Gasteiger partial charge in [0.25, 0.3) is 0 Å². The SMILES string of the molecule is O=C(O)C1CCN(Cc2c(OC(F)F)ccc3ccccc23)C1. The Morgan fingerprint density at radius 2 is 2.09 bits per heavy atom. The summed E-state index contributed by atoms with van der Waals surface area (Å²) in [5.41, 5.74) is 0.675. The van der Waals surface area contributed by atoms with Crippen LogP contribution in [-0.2, 0) is 11.3 Å². The molecule has 0 bridgehead atoms. The first-order valence-corrected chi connectivity index (χ1v) is 7.45. The molecular weight excluding hydrogens is 304 g/mol. The third-order valence-electron chi connectivity index (χ3n) is 4.22. The van der Waals surface area contributed by atoms with E-state index in [9.17, 15) is 13.6 Å². The van der Waals surface area contributed by atoms with Crippen LogP contribution in [-0.4, -0.2) is 35.7 Å². The molecule has 1 aliphatic heterocycles.